The predicted molar refractivity (Wildman–Crippen MR) is 146 cm³/mol. The lowest BCUT2D eigenvalue weighted by Crippen LogP contribution is -2.50. The minimum Gasteiger partial charge on any atom is -0.493 e. The molecule has 2 aromatic carbocycles. The van der Waals surface area contributed by atoms with Gasteiger partial charge in [-0.2, -0.15) is 5.01 Å². The van der Waals surface area contributed by atoms with Crippen LogP contribution in [0.1, 0.15) is 63.9 Å². The van der Waals surface area contributed by atoms with Gasteiger partial charge >= 0.3 is 0 Å². The molecule has 8 heteroatoms. The molecule has 3 aromatic rings. The number of rotatable bonds is 6. The Labute approximate surface area is 222 Å². The number of nitrogens with zero attached hydrogens (tertiary/aromatic N) is 4. The van der Waals surface area contributed by atoms with E-state index in [0.29, 0.717) is 33.8 Å². The van der Waals surface area contributed by atoms with Crippen LogP contribution in [0.3, 0.4) is 0 Å². The summed E-state index contributed by atoms with van der Waals surface area (Å²) in [4.78, 5) is 22.5. The average molecular weight is 525 g/mol. The second-order valence-corrected chi connectivity index (χ2v) is 11.1. The molecule has 2 unspecified atom stereocenters. The molecule has 6 nitrogen and oxygen atoms in total. The van der Waals surface area contributed by atoms with Crippen LogP contribution in [0.5, 0.6) is 5.75 Å². The van der Waals surface area contributed by atoms with Gasteiger partial charge < -0.3 is 4.74 Å². The maximum absolute atomic E-state index is 12.6. The van der Waals surface area contributed by atoms with Gasteiger partial charge in [0.05, 0.1) is 17.5 Å². The number of ether oxygens (including phenoxy) is 1. The molecule has 4 rings (SSSR count). The fourth-order valence-electron chi connectivity index (χ4n) is 4.67. The molecule has 1 aliphatic heterocycles. The first-order valence-electron chi connectivity index (χ1n) is 11.8. The van der Waals surface area contributed by atoms with Crippen LogP contribution in [-0.2, 0) is 16.5 Å². The van der Waals surface area contributed by atoms with Crippen molar-refractivity contribution < 1.29 is 4.74 Å². The predicted octanol–water partition coefficient (Wildman–Crippen LogP) is 7.66. The van der Waals surface area contributed by atoms with Gasteiger partial charge in [0.2, 0.25) is 0 Å². The fraction of sp³-hybridized carbons (Fsp3) is 0.357. The molecular weight excluding hydrogens is 495 g/mol. The van der Waals surface area contributed by atoms with Crippen molar-refractivity contribution in [2.45, 2.75) is 58.0 Å². The molecule has 2 atom stereocenters. The maximum Gasteiger partial charge on any atom is 0.161 e. The normalized spacial score (nSPS) is 21.9. The SMILES string of the molecule is CCOc1cc(C(C)(C)C)ncc1C1=NC(C)(c2ccc(Cl)cc2)C(C)(c2ccc(Cl)cc2)N1N=O. The second kappa shape index (κ2) is 9.49. The van der Waals surface area contributed by atoms with Crippen molar-refractivity contribution in [1.29, 1.82) is 0 Å². The lowest BCUT2D eigenvalue weighted by molar-refractivity contribution is 0.127. The Morgan fingerprint density at radius 2 is 1.53 bits per heavy atom. The van der Waals surface area contributed by atoms with Gasteiger partial charge in [-0.15, -0.1) is 4.91 Å². The Bertz CT molecular complexity index is 1300. The number of halogens is 2. The highest BCUT2D eigenvalue weighted by atomic mass is 35.5. The lowest BCUT2D eigenvalue weighted by Gasteiger charge is -2.42. The summed E-state index contributed by atoms with van der Waals surface area (Å²) in [5, 5.41) is 6.16. The van der Waals surface area contributed by atoms with Gasteiger partial charge in [-0.25, -0.2) is 0 Å². The van der Waals surface area contributed by atoms with Gasteiger partial charge in [-0.1, -0.05) is 68.2 Å². The molecular formula is C28H30Cl2N4O2. The van der Waals surface area contributed by atoms with E-state index in [-0.39, 0.29) is 5.41 Å². The molecule has 188 valence electrons. The number of hydrogen-bond acceptors (Lipinski definition) is 5. The van der Waals surface area contributed by atoms with Crippen LogP contribution in [0.25, 0.3) is 0 Å². The summed E-state index contributed by atoms with van der Waals surface area (Å²) >= 11 is 12.4. The van der Waals surface area contributed by atoms with Crippen LogP contribution < -0.4 is 4.74 Å². The Morgan fingerprint density at radius 3 is 2.03 bits per heavy atom. The molecule has 0 saturated heterocycles. The molecule has 1 aromatic heterocycles. The topological polar surface area (TPSA) is 67.2 Å². The first-order valence-corrected chi connectivity index (χ1v) is 12.6. The van der Waals surface area contributed by atoms with Crippen LogP contribution in [0.4, 0.5) is 0 Å². The molecule has 2 heterocycles. The zero-order chi connectivity index (χ0) is 26.3. The number of aromatic nitrogens is 1. The van der Waals surface area contributed by atoms with Gasteiger partial charge in [0, 0.05) is 33.4 Å². The van der Waals surface area contributed by atoms with Gasteiger partial charge in [-0.3, -0.25) is 9.98 Å². The molecule has 0 radical (unpaired) electrons. The second-order valence-electron chi connectivity index (χ2n) is 10.2. The largest absolute Gasteiger partial charge is 0.493 e. The number of aliphatic imine (C=N–C) groups is 1. The molecule has 0 spiro atoms. The fourth-order valence-corrected chi connectivity index (χ4v) is 4.92. The summed E-state index contributed by atoms with van der Waals surface area (Å²) < 4.78 is 6.03. The number of hydrogen-bond donors (Lipinski definition) is 0. The number of amidine groups is 1. The van der Waals surface area contributed by atoms with Crippen molar-refractivity contribution in [3.05, 3.63) is 98.1 Å². The van der Waals surface area contributed by atoms with E-state index in [2.05, 4.69) is 26.1 Å². The summed E-state index contributed by atoms with van der Waals surface area (Å²) in [6.45, 7) is 12.6. The first-order chi connectivity index (χ1) is 17.0. The van der Waals surface area contributed by atoms with Crippen molar-refractivity contribution in [1.82, 2.24) is 9.99 Å². The molecule has 1 aliphatic rings. The smallest absolute Gasteiger partial charge is 0.161 e. The quantitative estimate of drug-likeness (QED) is 0.310. The summed E-state index contributed by atoms with van der Waals surface area (Å²) in [6.07, 6.45) is 1.72. The lowest BCUT2D eigenvalue weighted by atomic mass is 9.71. The zero-order valence-corrected chi connectivity index (χ0v) is 22.9. The van der Waals surface area contributed by atoms with Crippen molar-refractivity contribution in [2.75, 3.05) is 6.61 Å². The third-order valence-corrected chi connectivity index (χ3v) is 7.48. The van der Waals surface area contributed by atoms with E-state index in [9.17, 15) is 4.91 Å². The first kappa shape index (κ1) is 26.1. The Kier molecular flexibility index (Phi) is 6.88. The molecule has 0 saturated carbocycles. The zero-order valence-electron chi connectivity index (χ0n) is 21.3. The molecule has 36 heavy (non-hydrogen) atoms. The summed E-state index contributed by atoms with van der Waals surface area (Å²) in [7, 11) is 0. The van der Waals surface area contributed by atoms with E-state index in [1.807, 2.05) is 63.2 Å². The van der Waals surface area contributed by atoms with E-state index in [4.69, 9.17) is 37.9 Å². The van der Waals surface area contributed by atoms with E-state index in [1.54, 1.807) is 18.3 Å². The summed E-state index contributed by atoms with van der Waals surface area (Å²) in [5.74, 6) is 0.986. The molecule has 0 N–H and O–H groups in total. The van der Waals surface area contributed by atoms with E-state index in [0.717, 1.165) is 16.8 Å². The summed E-state index contributed by atoms with van der Waals surface area (Å²) in [6, 6.07) is 16.8. The number of pyridine rings is 1. The van der Waals surface area contributed by atoms with Crippen molar-refractivity contribution in [3.8, 4) is 5.75 Å². The van der Waals surface area contributed by atoms with E-state index >= 15 is 0 Å². The Morgan fingerprint density at radius 1 is 0.972 bits per heavy atom. The van der Waals surface area contributed by atoms with Crippen LogP contribution in [0.15, 0.2) is 71.1 Å². The van der Waals surface area contributed by atoms with Gasteiger partial charge in [-0.05, 0) is 56.2 Å². The maximum atomic E-state index is 12.6. The Balaban J connectivity index is 2.00. The van der Waals surface area contributed by atoms with Crippen LogP contribution >= 0.6 is 23.2 Å². The molecule has 0 bridgehead atoms. The van der Waals surface area contributed by atoms with Crippen molar-refractivity contribution in [2.24, 2.45) is 10.3 Å². The minimum atomic E-state index is -0.991. The van der Waals surface area contributed by atoms with Crippen LogP contribution in [-0.4, -0.2) is 22.4 Å². The molecule has 0 aliphatic carbocycles. The van der Waals surface area contributed by atoms with Crippen LogP contribution in [0.2, 0.25) is 10.0 Å². The third-order valence-electron chi connectivity index (χ3n) is 6.97. The number of nitroso groups, excluding NO2 is 1. The molecule has 0 amide bonds. The number of benzene rings is 2. The summed E-state index contributed by atoms with van der Waals surface area (Å²) in [5.41, 5.74) is 1.10. The highest BCUT2D eigenvalue weighted by molar-refractivity contribution is 6.30. The molecule has 0 fully saturated rings. The third kappa shape index (κ3) is 4.27. The minimum absolute atomic E-state index is 0.180. The van der Waals surface area contributed by atoms with Crippen molar-refractivity contribution in [3.63, 3.8) is 0 Å². The van der Waals surface area contributed by atoms with E-state index in [1.165, 1.54) is 5.01 Å². The van der Waals surface area contributed by atoms with Gasteiger partial charge in [0.1, 0.15) is 16.8 Å². The van der Waals surface area contributed by atoms with Crippen LogP contribution in [0, 0.1) is 4.91 Å². The highest BCUT2D eigenvalue weighted by Gasteiger charge is 2.59. The standard InChI is InChI=1S/C28H30Cl2N4O2/c1-7-36-23-16-24(26(2,3)4)31-17-22(23)25-32-27(5,18-8-12-20(29)13-9-18)28(6,34(25)33-35)19-10-14-21(30)15-11-19/h8-17H,7H2,1-6H3. The van der Waals surface area contributed by atoms with Gasteiger partial charge in [0.25, 0.3) is 0 Å². The van der Waals surface area contributed by atoms with Crippen molar-refractivity contribution >= 4 is 29.0 Å². The Hall–Kier alpha value is -2.96. The monoisotopic (exact) mass is 524 g/mol. The van der Waals surface area contributed by atoms with Gasteiger partial charge in [0.15, 0.2) is 5.84 Å². The van der Waals surface area contributed by atoms with E-state index < -0.39 is 11.1 Å². The average Bonchev–Trinajstić information content (AvgIpc) is 3.07. The highest BCUT2D eigenvalue weighted by Crippen LogP contribution is 2.53.